The lowest BCUT2D eigenvalue weighted by molar-refractivity contribution is -0.118. The summed E-state index contributed by atoms with van der Waals surface area (Å²) in [5.74, 6) is -0.755. The molecule has 2 aromatic carbocycles. The number of halogens is 2. The van der Waals surface area contributed by atoms with Gasteiger partial charge in [0.15, 0.2) is 6.61 Å². The highest BCUT2D eigenvalue weighted by Crippen LogP contribution is 2.30. The van der Waals surface area contributed by atoms with Crippen LogP contribution in [0.15, 0.2) is 42.7 Å². The van der Waals surface area contributed by atoms with E-state index in [9.17, 15) is 9.59 Å². The van der Waals surface area contributed by atoms with E-state index in [0.29, 0.717) is 32.2 Å². The van der Waals surface area contributed by atoms with Gasteiger partial charge in [-0.2, -0.15) is 0 Å². The molecule has 3 rings (SSSR count). The molecule has 0 bridgehead atoms. The topological polar surface area (TPSA) is 107 Å². The van der Waals surface area contributed by atoms with E-state index in [2.05, 4.69) is 15.3 Å². The Morgan fingerprint density at radius 2 is 1.85 bits per heavy atom. The Morgan fingerprint density at radius 1 is 1.12 bits per heavy atom. The number of rotatable bonds is 5. The van der Waals surface area contributed by atoms with Crippen LogP contribution in [0.5, 0.6) is 5.88 Å². The number of amides is 2. The van der Waals surface area contributed by atoms with Gasteiger partial charge in [-0.3, -0.25) is 9.59 Å². The molecule has 26 heavy (non-hydrogen) atoms. The zero-order chi connectivity index (χ0) is 18.7. The van der Waals surface area contributed by atoms with Gasteiger partial charge in [0, 0.05) is 16.3 Å². The summed E-state index contributed by atoms with van der Waals surface area (Å²) >= 11 is 12.1. The first-order valence-electron chi connectivity index (χ1n) is 7.36. The minimum atomic E-state index is -0.542. The summed E-state index contributed by atoms with van der Waals surface area (Å²) in [4.78, 5) is 31.2. The summed E-state index contributed by atoms with van der Waals surface area (Å²) in [5, 5.41) is 3.90. The Bertz CT molecular complexity index is 993. The van der Waals surface area contributed by atoms with Crippen LogP contribution in [0.2, 0.25) is 10.0 Å². The van der Waals surface area contributed by atoms with E-state index in [-0.39, 0.29) is 12.5 Å². The van der Waals surface area contributed by atoms with E-state index >= 15 is 0 Å². The highest BCUT2D eigenvalue weighted by atomic mass is 35.5. The van der Waals surface area contributed by atoms with E-state index in [1.54, 1.807) is 24.3 Å². The number of nitrogens with two attached hydrogens (primary N) is 1. The zero-order valence-electron chi connectivity index (χ0n) is 13.2. The summed E-state index contributed by atoms with van der Waals surface area (Å²) in [6, 6.07) is 9.33. The van der Waals surface area contributed by atoms with Crippen LogP contribution in [0.1, 0.15) is 10.4 Å². The number of benzene rings is 2. The van der Waals surface area contributed by atoms with E-state index in [0.717, 1.165) is 0 Å². The number of nitrogens with one attached hydrogen (secondary N) is 1. The van der Waals surface area contributed by atoms with Crippen molar-refractivity contribution in [3.8, 4) is 5.88 Å². The van der Waals surface area contributed by atoms with E-state index in [1.165, 1.54) is 18.5 Å². The number of anilines is 1. The van der Waals surface area contributed by atoms with Crippen molar-refractivity contribution >= 4 is 51.6 Å². The molecular formula is C17H12Cl2N4O3. The van der Waals surface area contributed by atoms with Gasteiger partial charge in [-0.25, -0.2) is 9.97 Å². The molecule has 9 heteroatoms. The van der Waals surface area contributed by atoms with Crippen LogP contribution in [0.3, 0.4) is 0 Å². The molecule has 0 unspecified atom stereocenters. The molecule has 1 aromatic heterocycles. The fourth-order valence-corrected chi connectivity index (χ4v) is 2.77. The summed E-state index contributed by atoms with van der Waals surface area (Å²) in [5.41, 5.74) is 6.49. The van der Waals surface area contributed by atoms with Crippen LogP contribution in [0, 0.1) is 0 Å². The monoisotopic (exact) mass is 390 g/mol. The first kappa shape index (κ1) is 17.9. The van der Waals surface area contributed by atoms with Gasteiger partial charge in [0.2, 0.25) is 11.8 Å². The maximum Gasteiger partial charge on any atom is 0.262 e. The first-order valence-corrected chi connectivity index (χ1v) is 8.12. The highest BCUT2D eigenvalue weighted by Gasteiger charge is 2.12. The highest BCUT2D eigenvalue weighted by molar-refractivity contribution is 6.38. The first-order chi connectivity index (χ1) is 12.4. The minimum Gasteiger partial charge on any atom is -0.467 e. The molecule has 0 aliphatic carbocycles. The Morgan fingerprint density at radius 3 is 2.54 bits per heavy atom. The van der Waals surface area contributed by atoms with Gasteiger partial charge in [-0.1, -0.05) is 23.2 Å². The molecule has 0 fully saturated rings. The lowest BCUT2D eigenvalue weighted by Crippen LogP contribution is -2.20. The maximum absolute atomic E-state index is 12.1. The Labute approximate surface area is 158 Å². The average molecular weight is 391 g/mol. The minimum absolute atomic E-state index is 0.193. The summed E-state index contributed by atoms with van der Waals surface area (Å²) in [6.07, 6.45) is 1.29. The van der Waals surface area contributed by atoms with Gasteiger partial charge >= 0.3 is 0 Å². The number of carbonyl (C=O) groups excluding carboxylic acids is 2. The van der Waals surface area contributed by atoms with Crippen LogP contribution in [0.25, 0.3) is 10.9 Å². The van der Waals surface area contributed by atoms with Crippen molar-refractivity contribution < 1.29 is 14.3 Å². The van der Waals surface area contributed by atoms with Crippen LogP contribution >= 0.6 is 23.2 Å². The van der Waals surface area contributed by atoms with Gasteiger partial charge in [0.25, 0.3) is 5.91 Å². The molecule has 2 amide bonds. The van der Waals surface area contributed by atoms with Crippen molar-refractivity contribution in [2.45, 2.75) is 0 Å². The Kier molecular flexibility index (Phi) is 5.20. The van der Waals surface area contributed by atoms with Crippen molar-refractivity contribution in [1.82, 2.24) is 9.97 Å². The molecule has 132 valence electrons. The number of aromatic nitrogens is 2. The number of nitrogens with zero attached hydrogens (tertiary/aromatic N) is 2. The number of carbonyl (C=O) groups is 2. The average Bonchev–Trinajstić information content (AvgIpc) is 2.60. The smallest absolute Gasteiger partial charge is 0.262 e. The van der Waals surface area contributed by atoms with Crippen LogP contribution < -0.4 is 15.8 Å². The third kappa shape index (κ3) is 4.01. The second-order valence-electron chi connectivity index (χ2n) is 5.24. The number of hydrogen-bond acceptors (Lipinski definition) is 5. The SMILES string of the molecule is NC(=O)c1ccc(NC(=O)COc2ncnc3c(Cl)cc(Cl)cc23)cc1. The zero-order valence-corrected chi connectivity index (χ0v) is 14.7. The summed E-state index contributed by atoms with van der Waals surface area (Å²) < 4.78 is 5.47. The van der Waals surface area contributed by atoms with Crippen molar-refractivity contribution in [3.05, 3.63) is 58.3 Å². The van der Waals surface area contributed by atoms with Crippen molar-refractivity contribution in [3.63, 3.8) is 0 Å². The molecule has 0 saturated carbocycles. The van der Waals surface area contributed by atoms with E-state index in [1.807, 2.05) is 0 Å². The standard InChI is InChI=1S/C17H12Cl2N4O3/c18-10-5-12-15(13(19)6-10)21-8-22-17(12)26-7-14(24)23-11-3-1-9(2-4-11)16(20)25/h1-6,8H,7H2,(H2,20,25)(H,23,24). The third-order valence-corrected chi connectivity index (χ3v) is 3.92. The molecule has 0 aliphatic rings. The summed E-state index contributed by atoms with van der Waals surface area (Å²) in [6.45, 7) is -0.284. The third-order valence-electron chi connectivity index (χ3n) is 3.41. The Balaban J connectivity index is 1.70. The maximum atomic E-state index is 12.1. The molecule has 7 nitrogen and oxygen atoms in total. The van der Waals surface area contributed by atoms with Crippen molar-refractivity contribution in [2.75, 3.05) is 11.9 Å². The van der Waals surface area contributed by atoms with Gasteiger partial charge in [0.05, 0.1) is 15.9 Å². The number of ether oxygens (including phenoxy) is 1. The number of primary amides is 1. The molecule has 1 heterocycles. The van der Waals surface area contributed by atoms with Crippen LogP contribution in [0.4, 0.5) is 5.69 Å². The van der Waals surface area contributed by atoms with E-state index in [4.69, 9.17) is 33.7 Å². The lowest BCUT2D eigenvalue weighted by Gasteiger charge is -2.09. The van der Waals surface area contributed by atoms with Crippen LogP contribution in [-0.4, -0.2) is 28.4 Å². The van der Waals surface area contributed by atoms with Crippen molar-refractivity contribution in [1.29, 1.82) is 0 Å². The Hall–Kier alpha value is -2.90. The van der Waals surface area contributed by atoms with Gasteiger partial charge in [0.1, 0.15) is 6.33 Å². The number of hydrogen-bond donors (Lipinski definition) is 2. The van der Waals surface area contributed by atoms with Crippen molar-refractivity contribution in [2.24, 2.45) is 5.73 Å². The second kappa shape index (κ2) is 7.55. The molecule has 0 aliphatic heterocycles. The molecular weight excluding hydrogens is 379 g/mol. The molecule has 0 spiro atoms. The second-order valence-corrected chi connectivity index (χ2v) is 6.08. The predicted molar refractivity (Wildman–Crippen MR) is 98.6 cm³/mol. The largest absolute Gasteiger partial charge is 0.467 e. The molecule has 3 N–H and O–H groups in total. The lowest BCUT2D eigenvalue weighted by atomic mass is 10.2. The summed E-state index contributed by atoms with van der Waals surface area (Å²) in [7, 11) is 0. The fraction of sp³-hybridized carbons (Fsp3) is 0.0588. The molecule has 3 aromatic rings. The number of fused-ring (bicyclic) bond motifs is 1. The van der Waals surface area contributed by atoms with Gasteiger partial charge < -0.3 is 15.8 Å². The predicted octanol–water partition coefficient (Wildman–Crippen LogP) is 3.05. The van der Waals surface area contributed by atoms with Crippen LogP contribution in [-0.2, 0) is 4.79 Å². The fourth-order valence-electron chi connectivity index (χ4n) is 2.23. The normalized spacial score (nSPS) is 10.5. The quantitative estimate of drug-likeness (QED) is 0.695. The van der Waals surface area contributed by atoms with Gasteiger partial charge in [-0.15, -0.1) is 0 Å². The molecule has 0 saturated heterocycles. The molecule has 0 radical (unpaired) electrons. The van der Waals surface area contributed by atoms with E-state index < -0.39 is 11.8 Å². The molecule has 0 atom stereocenters. The van der Waals surface area contributed by atoms with Gasteiger partial charge in [-0.05, 0) is 36.4 Å².